The van der Waals surface area contributed by atoms with E-state index in [1.807, 2.05) is 0 Å². The van der Waals surface area contributed by atoms with Crippen LogP contribution in [0, 0.1) is 5.92 Å². The Morgan fingerprint density at radius 3 is 2.29 bits per heavy atom. The normalized spacial score (nSPS) is 27.4. The van der Waals surface area contributed by atoms with Gasteiger partial charge in [-0.05, 0) is 31.7 Å². The van der Waals surface area contributed by atoms with Gasteiger partial charge in [0.15, 0.2) is 0 Å². The van der Waals surface area contributed by atoms with E-state index in [-0.39, 0.29) is 0 Å². The summed E-state index contributed by atoms with van der Waals surface area (Å²) >= 11 is 0. The monoisotopic (exact) mass is 242 g/mol. The maximum absolute atomic E-state index is 14.5. The van der Waals surface area contributed by atoms with Crippen molar-refractivity contribution in [1.29, 1.82) is 0 Å². The summed E-state index contributed by atoms with van der Waals surface area (Å²) in [6, 6.07) is 0.707. The zero-order valence-electron chi connectivity index (χ0n) is 11.6. The highest BCUT2D eigenvalue weighted by Crippen LogP contribution is 2.34. The van der Waals surface area contributed by atoms with Gasteiger partial charge in [0.1, 0.15) is 5.67 Å². The van der Waals surface area contributed by atoms with Crippen molar-refractivity contribution in [2.75, 3.05) is 32.7 Å². The molecule has 2 aliphatic heterocycles. The summed E-state index contributed by atoms with van der Waals surface area (Å²) in [5.74, 6) is 0.478. The number of hydrogen-bond donors (Lipinski definition) is 0. The highest BCUT2D eigenvalue weighted by molar-refractivity contribution is 4.94. The molecule has 0 amide bonds. The fourth-order valence-electron chi connectivity index (χ4n) is 3.26. The molecule has 0 aromatic heterocycles. The van der Waals surface area contributed by atoms with Gasteiger partial charge in [0, 0.05) is 32.2 Å². The van der Waals surface area contributed by atoms with Gasteiger partial charge >= 0.3 is 0 Å². The van der Waals surface area contributed by atoms with Crippen LogP contribution in [-0.2, 0) is 0 Å². The molecule has 0 atom stereocenters. The second kappa shape index (κ2) is 5.23. The van der Waals surface area contributed by atoms with Crippen molar-refractivity contribution in [3.8, 4) is 0 Å². The third kappa shape index (κ3) is 3.19. The number of alkyl halides is 1. The van der Waals surface area contributed by atoms with Gasteiger partial charge in [-0.25, -0.2) is 4.39 Å². The van der Waals surface area contributed by atoms with Crippen LogP contribution in [0.15, 0.2) is 0 Å². The van der Waals surface area contributed by atoms with Crippen LogP contribution in [0.25, 0.3) is 0 Å². The first kappa shape index (κ1) is 13.3. The molecule has 0 saturated carbocycles. The molecule has 0 unspecified atom stereocenters. The van der Waals surface area contributed by atoms with E-state index in [1.165, 1.54) is 13.1 Å². The molecular weight excluding hydrogens is 215 g/mol. The largest absolute Gasteiger partial charge is 0.300 e. The lowest BCUT2D eigenvalue weighted by atomic mass is 9.84. The fraction of sp³-hybridized carbons (Fsp3) is 1.00. The lowest BCUT2D eigenvalue weighted by molar-refractivity contribution is -0.0212. The second-order valence-electron chi connectivity index (χ2n) is 6.29. The molecule has 0 aromatic carbocycles. The van der Waals surface area contributed by atoms with Gasteiger partial charge in [-0.1, -0.05) is 20.8 Å². The van der Waals surface area contributed by atoms with E-state index in [2.05, 4.69) is 30.6 Å². The average molecular weight is 242 g/mol. The number of likely N-dealkylation sites (N-methyl/N-ethyl adjacent to an activating group) is 1. The van der Waals surface area contributed by atoms with Gasteiger partial charge in [-0.2, -0.15) is 0 Å². The zero-order valence-corrected chi connectivity index (χ0v) is 11.6. The molecule has 0 bridgehead atoms. The third-order valence-electron chi connectivity index (χ3n) is 4.37. The van der Waals surface area contributed by atoms with Crippen LogP contribution in [0.3, 0.4) is 0 Å². The molecule has 2 fully saturated rings. The maximum atomic E-state index is 14.5. The van der Waals surface area contributed by atoms with Crippen LogP contribution in [0.2, 0.25) is 0 Å². The summed E-state index contributed by atoms with van der Waals surface area (Å²) in [5.41, 5.74) is -0.876. The Balaban J connectivity index is 1.75. The predicted molar refractivity (Wildman–Crippen MR) is 70.0 cm³/mol. The number of likely N-dealkylation sites (tertiary alicyclic amines) is 2. The summed E-state index contributed by atoms with van der Waals surface area (Å²) in [7, 11) is 0. The fourth-order valence-corrected chi connectivity index (χ4v) is 3.26. The van der Waals surface area contributed by atoms with E-state index in [0.29, 0.717) is 12.0 Å². The van der Waals surface area contributed by atoms with Gasteiger partial charge in [0.25, 0.3) is 0 Å². The van der Waals surface area contributed by atoms with Crippen molar-refractivity contribution < 1.29 is 4.39 Å². The number of rotatable bonds is 4. The summed E-state index contributed by atoms with van der Waals surface area (Å²) in [6.45, 7) is 11.9. The van der Waals surface area contributed by atoms with Crippen LogP contribution in [0.1, 0.15) is 40.0 Å². The minimum atomic E-state index is -0.876. The van der Waals surface area contributed by atoms with Crippen LogP contribution in [-0.4, -0.2) is 54.2 Å². The molecular formula is C14H27FN2. The Bertz CT molecular complexity index is 241. The van der Waals surface area contributed by atoms with E-state index in [0.717, 1.165) is 38.9 Å². The van der Waals surface area contributed by atoms with E-state index in [4.69, 9.17) is 0 Å². The van der Waals surface area contributed by atoms with Crippen molar-refractivity contribution in [2.24, 2.45) is 5.92 Å². The minimum Gasteiger partial charge on any atom is -0.300 e. The molecule has 2 aliphatic rings. The van der Waals surface area contributed by atoms with E-state index >= 15 is 0 Å². The lowest BCUT2D eigenvalue weighted by Crippen LogP contribution is -2.61. The Hall–Kier alpha value is -0.150. The number of hydrogen-bond acceptors (Lipinski definition) is 2. The molecule has 0 aromatic rings. The number of halogens is 1. The topological polar surface area (TPSA) is 6.48 Å². The molecule has 100 valence electrons. The predicted octanol–water partition coefficient (Wildman–Crippen LogP) is 2.54. The first-order valence-electron chi connectivity index (χ1n) is 7.18. The van der Waals surface area contributed by atoms with E-state index < -0.39 is 5.67 Å². The van der Waals surface area contributed by atoms with Crippen LogP contribution in [0.4, 0.5) is 4.39 Å². The molecule has 2 rings (SSSR count). The van der Waals surface area contributed by atoms with Gasteiger partial charge in [0.05, 0.1) is 0 Å². The maximum Gasteiger partial charge on any atom is 0.113 e. The standard InChI is InChI=1S/C14H27FN2/c1-4-16-10-13(11-16)17-7-5-14(15,6-8-17)9-12(2)3/h12-13H,4-11H2,1-3H3. The van der Waals surface area contributed by atoms with Crippen molar-refractivity contribution in [1.82, 2.24) is 9.80 Å². The zero-order chi connectivity index (χ0) is 12.5. The van der Waals surface area contributed by atoms with Crippen LogP contribution >= 0.6 is 0 Å². The SMILES string of the molecule is CCN1CC(N2CCC(F)(CC(C)C)CC2)C1. The molecule has 2 nitrogen and oxygen atoms in total. The first-order chi connectivity index (χ1) is 8.02. The highest BCUT2D eigenvalue weighted by Gasteiger charge is 2.39. The van der Waals surface area contributed by atoms with Crippen molar-refractivity contribution in [3.05, 3.63) is 0 Å². The van der Waals surface area contributed by atoms with Gasteiger partial charge in [0.2, 0.25) is 0 Å². The summed E-state index contributed by atoms with van der Waals surface area (Å²) in [5, 5.41) is 0. The molecule has 2 saturated heterocycles. The quantitative estimate of drug-likeness (QED) is 0.747. The van der Waals surface area contributed by atoms with Crippen molar-refractivity contribution >= 4 is 0 Å². The number of nitrogens with zero attached hydrogens (tertiary/aromatic N) is 2. The lowest BCUT2D eigenvalue weighted by Gasteiger charge is -2.48. The average Bonchev–Trinajstić information content (AvgIpc) is 2.18. The van der Waals surface area contributed by atoms with Crippen molar-refractivity contribution in [3.63, 3.8) is 0 Å². The first-order valence-corrected chi connectivity index (χ1v) is 7.18. The van der Waals surface area contributed by atoms with E-state index in [9.17, 15) is 4.39 Å². The Morgan fingerprint density at radius 2 is 1.82 bits per heavy atom. The summed E-state index contributed by atoms with van der Waals surface area (Å²) < 4.78 is 14.5. The second-order valence-corrected chi connectivity index (χ2v) is 6.29. The Kier molecular flexibility index (Phi) is 4.09. The third-order valence-corrected chi connectivity index (χ3v) is 4.37. The van der Waals surface area contributed by atoms with E-state index in [1.54, 1.807) is 0 Å². The molecule has 0 spiro atoms. The van der Waals surface area contributed by atoms with Crippen LogP contribution < -0.4 is 0 Å². The van der Waals surface area contributed by atoms with Gasteiger partial charge in [-0.15, -0.1) is 0 Å². The minimum absolute atomic E-state index is 0.478. The molecule has 17 heavy (non-hydrogen) atoms. The van der Waals surface area contributed by atoms with Gasteiger partial charge < -0.3 is 4.90 Å². The molecule has 3 heteroatoms. The van der Waals surface area contributed by atoms with Crippen LogP contribution in [0.5, 0.6) is 0 Å². The molecule has 0 N–H and O–H groups in total. The Morgan fingerprint density at radius 1 is 1.24 bits per heavy atom. The smallest absolute Gasteiger partial charge is 0.113 e. The molecule has 0 radical (unpaired) electrons. The summed E-state index contributed by atoms with van der Waals surface area (Å²) in [4.78, 5) is 4.96. The summed E-state index contributed by atoms with van der Waals surface area (Å²) in [6.07, 6.45) is 2.23. The molecule has 0 aliphatic carbocycles. The number of piperidine rings is 1. The van der Waals surface area contributed by atoms with Gasteiger partial charge in [-0.3, -0.25) is 4.90 Å². The highest BCUT2D eigenvalue weighted by atomic mass is 19.1. The Labute approximate surface area is 105 Å². The van der Waals surface area contributed by atoms with Crippen molar-refractivity contribution in [2.45, 2.75) is 51.7 Å². The molecule has 2 heterocycles.